The van der Waals surface area contributed by atoms with Crippen molar-refractivity contribution in [2.75, 3.05) is 33.9 Å². The molecule has 0 fully saturated rings. The van der Waals surface area contributed by atoms with Gasteiger partial charge >= 0.3 is 5.97 Å². The van der Waals surface area contributed by atoms with E-state index in [9.17, 15) is 4.79 Å². The van der Waals surface area contributed by atoms with Crippen molar-refractivity contribution < 1.29 is 18.8 Å². The first-order valence-electron chi connectivity index (χ1n) is 16.2. The van der Waals surface area contributed by atoms with Gasteiger partial charge in [0.25, 0.3) is 0 Å². The van der Waals surface area contributed by atoms with Crippen molar-refractivity contribution in [3.63, 3.8) is 0 Å². The van der Waals surface area contributed by atoms with Gasteiger partial charge in [0.2, 0.25) is 0 Å². The fourth-order valence-corrected chi connectivity index (χ4v) is 5.31. The zero-order valence-corrected chi connectivity index (χ0v) is 26.0. The Hall–Kier alpha value is -2.33. The predicted octanol–water partition coefficient (Wildman–Crippen LogP) is 9.30. The highest BCUT2D eigenvalue weighted by Crippen LogP contribution is 2.17. The van der Waals surface area contributed by atoms with Crippen molar-refractivity contribution in [3.8, 4) is 5.75 Å². The van der Waals surface area contributed by atoms with E-state index >= 15 is 0 Å². The summed E-state index contributed by atoms with van der Waals surface area (Å²) >= 11 is 0. The molecular weight excluding hydrogens is 494 g/mol. The molecular formula is C36H58NO3+. The third-order valence-corrected chi connectivity index (χ3v) is 7.68. The van der Waals surface area contributed by atoms with Gasteiger partial charge in [0.1, 0.15) is 25.5 Å². The van der Waals surface area contributed by atoms with Crippen LogP contribution >= 0.6 is 0 Å². The van der Waals surface area contributed by atoms with Gasteiger partial charge in [0.05, 0.1) is 20.6 Å². The number of aryl methyl sites for hydroxylation is 1. The number of unbranched alkanes of at least 4 members (excludes halogenated alkanes) is 12. The maximum Gasteiger partial charge on any atom is 0.305 e. The molecule has 0 aliphatic heterocycles. The first kappa shape index (κ1) is 33.9. The second-order valence-electron chi connectivity index (χ2n) is 12.1. The zero-order chi connectivity index (χ0) is 28.7. The average molecular weight is 553 g/mol. The number of carbonyl (C=O) groups is 1. The summed E-state index contributed by atoms with van der Waals surface area (Å²) in [5.41, 5.74) is 2.68. The van der Waals surface area contributed by atoms with E-state index < -0.39 is 0 Å². The fourth-order valence-electron chi connectivity index (χ4n) is 5.31. The van der Waals surface area contributed by atoms with Crippen LogP contribution in [0.4, 0.5) is 0 Å². The SMILES string of the molecule is CCCCCCCCCCCCCCc1cccc(OCCOC(=O)CCCC[N+](C)(C)Cc2ccccc2)c1. The Morgan fingerprint density at radius 2 is 1.30 bits per heavy atom. The van der Waals surface area contributed by atoms with Crippen LogP contribution in [-0.4, -0.2) is 44.3 Å². The molecule has 0 radical (unpaired) electrons. The molecule has 0 atom stereocenters. The van der Waals surface area contributed by atoms with Crippen molar-refractivity contribution in [3.05, 3.63) is 65.7 Å². The third kappa shape index (κ3) is 17.4. The Balaban J connectivity index is 1.46. The summed E-state index contributed by atoms with van der Waals surface area (Å²) in [6.45, 7) is 5.03. The fraction of sp³-hybridized carbons (Fsp3) is 0.639. The molecule has 4 heteroatoms. The van der Waals surface area contributed by atoms with Gasteiger partial charge < -0.3 is 14.0 Å². The Labute approximate surface area is 246 Å². The Morgan fingerprint density at radius 3 is 1.98 bits per heavy atom. The quantitative estimate of drug-likeness (QED) is 0.0739. The van der Waals surface area contributed by atoms with E-state index in [0.717, 1.165) is 42.6 Å². The van der Waals surface area contributed by atoms with Crippen LogP contribution < -0.4 is 4.74 Å². The number of ether oxygens (including phenoxy) is 2. The number of nitrogens with zero attached hydrogens (tertiary/aromatic N) is 1. The van der Waals surface area contributed by atoms with Crippen LogP contribution in [-0.2, 0) is 22.5 Å². The maximum absolute atomic E-state index is 12.1. The molecule has 40 heavy (non-hydrogen) atoms. The van der Waals surface area contributed by atoms with E-state index in [1.807, 2.05) is 6.07 Å². The molecule has 0 amide bonds. The number of hydrogen-bond donors (Lipinski definition) is 0. The first-order valence-corrected chi connectivity index (χ1v) is 16.2. The smallest absolute Gasteiger partial charge is 0.305 e. The minimum absolute atomic E-state index is 0.127. The van der Waals surface area contributed by atoms with Gasteiger partial charge in [0.15, 0.2) is 0 Å². The summed E-state index contributed by atoms with van der Waals surface area (Å²) < 4.78 is 12.2. The third-order valence-electron chi connectivity index (χ3n) is 7.68. The predicted molar refractivity (Wildman–Crippen MR) is 169 cm³/mol. The van der Waals surface area contributed by atoms with Crippen molar-refractivity contribution in [2.45, 2.75) is 116 Å². The van der Waals surface area contributed by atoms with Crippen LogP contribution in [0.2, 0.25) is 0 Å². The molecule has 0 aromatic heterocycles. The summed E-state index contributed by atoms with van der Waals surface area (Å²) in [6, 6.07) is 19.0. The molecule has 0 spiro atoms. The van der Waals surface area contributed by atoms with E-state index in [4.69, 9.17) is 9.47 Å². The molecule has 0 unspecified atom stereocenters. The second kappa shape index (κ2) is 21.4. The summed E-state index contributed by atoms with van der Waals surface area (Å²) in [5, 5.41) is 0. The molecule has 2 aromatic carbocycles. The van der Waals surface area contributed by atoms with Crippen LogP contribution in [0, 0.1) is 0 Å². The molecule has 0 heterocycles. The van der Waals surface area contributed by atoms with Crippen molar-refractivity contribution >= 4 is 5.97 Å². The highest BCUT2D eigenvalue weighted by molar-refractivity contribution is 5.69. The highest BCUT2D eigenvalue weighted by Gasteiger charge is 2.15. The van der Waals surface area contributed by atoms with E-state index in [2.05, 4.69) is 69.6 Å². The summed E-state index contributed by atoms with van der Waals surface area (Å²) in [5.74, 6) is 0.739. The first-order chi connectivity index (χ1) is 19.5. The largest absolute Gasteiger partial charge is 0.490 e. The number of hydrogen-bond acceptors (Lipinski definition) is 3. The lowest BCUT2D eigenvalue weighted by Crippen LogP contribution is -2.39. The van der Waals surface area contributed by atoms with E-state index in [1.165, 1.54) is 88.2 Å². The Bertz CT molecular complexity index is 896. The van der Waals surface area contributed by atoms with Crippen LogP contribution in [0.15, 0.2) is 54.6 Å². The summed E-state index contributed by atoms with van der Waals surface area (Å²) in [6.07, 6.45) is 20.0. The molecule has 0 saturated heterocycles. The lowest BCUT2D eigenvalue weighted by molar-refractivity contribution is -0.903. The molecule has 4 nitrogen and oxygen atoms in total. The zero-order valence-electron chi connectivity index (χ0n) is 26.0. The Kier molecular flexibility index (Phi) is 18.1. The minimum atomic E-state index is -0.127. The van der Waals surface area contributed by atoms with E-state index in [1.54, 1.807) is 0 Å². The standard InChI is InChI=1S/C36H58NO3/c1-4-5-6-7-8-9-10-11-12-13-14-16-22-33-25-21-26-35(31-33)39-29-30-40-36(38)27-19-20-28-37(2,3)32-34-23-17-15-18-24-34/h15,17-18,21,23-26,31H,4-14,16,19-20,22,27-30,32H2,1-3H3/q+1. The van der Waals surface area contributed by atoms with Crippen LogP contribution in [0.25, 0.3) is 0 Å². The summed E-state index contributed by atoms with van der Waals surface area (Å²) in [7, 11) is 4.49. The molecule has 0 aliphatic carbocycles. The average Bonchev–Trinajstić information content (AvgIpc) is 2.94. The Morgan fingerprint density at radius 1 is 0.675 bits per heavy atom. The van der Waals surface area contributed by atoms with Crippen LogP contribution in [0.3, 0.4) is 0 Å². The van der Waals surface area contributed by atoms with Crippen molar-refractivity contribution in [2.24, 2.45) is 0 Å². The number of quaternary nitrogens is 1. The van der Waals surface area contributed by atoms with E-state index in [-0.39, 0.29) is 5.97 Å². The number of rotatable bonds is 24. The number of esters is 1. The van der Waals surface area contributed by atoms with Gasteiger partial charge in [-0.1, -0.05) is 120 Å². The van der Waals surface area contributed by atoms with Crippen LogP contribution in [0.1, 0.15) is 114 Å². The van der Waals surface area contributed by atoms with Crippen LogP contribution in [0.5, 0.6) is 5.75 Å². The highest BCUT2D eigenvalue weighted by atomic mass is 16.6. The summed E-state index contributed by atoms with van der Waals surface area (Å²) in [4.78, 5) is 12.1. The molecule has 0 saturated carbocycles. The molecule has 0 aliphatic rings. The van der Waals surface area contributed by atoms with Gasteiger partial charge in [-0.25, -0.2) is 0 Å². The normalized spacial score (nSPS) is 11.5. The van der Waals surface area contributed by atoms with Gasteiger partial charge in [-0.15, -0.1) is 0 Å². The lowest BCUT2D eigenvalue weighted by Gasteiger charge is -2.30. The van der Waals surface area contributed by atoms with Crippen molar-refractivity contribution in [1.29, 1.82) is 0 Å². The maximum atomic E-state index is 12.1. The van der Waals surface area contributed by atoms with Gasteiger partial charge in [-0.05, 0) is 43.4 Å². The van der Waals surface area contributed by atoms with Crippen molar-refractivity contribution in [1.82, 2.24) is 0 Å². The van der Waals surface area contributed by atoms with Gasteiger partial charge in [-0.3, -0.25) is 4.79 Å². The topological polar surface area (TPSA) is 35.5 Å². The number of carbonyl (C=O) groups excluding carboxylic acids is 1. The lowest BCUT2D eigenvalue weighted by atomic mass is 10.0. The molecule has 224 valence electrons. The minimum Gasteiger partial charge on any atom is -0.490 e. The molecule has 2 rings (SSSR count). The van der Waals surface area contributed by atoms with Gasteiger partial charge in [0, 0.05) is 12.0 Å². The number of benzene rings is 2. The molecule has 0 bridgehead atoms. The molecule has 0 N–H and O–H groups in total. The van der Waals surface area contributed by atoms with Gasteiger partial charge in [-0.2, -0.15) is 0 Å². The monoisotopic (exact) mass is 552 g/mol. The molecule has 2 aromatic rings. The second-order valence-corrected chi connectivity index (χ2v) is 12.1. The van der Waals surface area contributed by atoms with E-state index in [0.29, 0.717) is 19.6 Å².